The minimum absolute atomic E-state index is 0.0230. The number of hydrogen-bond donors (Lipinski definition) is 1. The third kappa shape index (κ3) is 4.74. The number of benzene rings is 3. The molecule has 3 aromatic rings. The van der Waals surface area contributed by atoms with Crippen molar-refractivity contribution in [2.24, 2.45) is 0 Å². The van der Waals surface area contributed by atoms with Crippen molar-refractivity contribution >= 4 is 17.4 Å². The van der Waals surface area contributed by atoms with Crippen molar-refractivity contribution in [3.63, 3.8) is 0 Å². The van der Waals surface area contributed by atoms with Crippen molar-refractivity contribution in [3.05, 3.63) is 101 Å². The number of ketones is 1. The Kier molecular flexibility index (Phi) is 5.74. The summed E-state index contributed by atoms with van der Waals surface area (Å²) in [5.41, 5.74) is 3.78. The summed E-state index contributed by atoms with van der Waals surface area (Å²) < 4.78 is 0. The van der Waals surface area contributed by atoms with E-state index in [-0.39, 0.29) is 17.1 Å². The zero-order chi connectivity index (χ0) is 20.1. The predicted molar refractivity (Wildman–Crippen MR) is 114 cm³/mol. The topological polar surface area (TPSA) is 46.2 Å². The minimum atomic E-state index is -0.222. The van der Waals surface area contributed by atoms with E-state index in [0.29, 0.717) is 23.2 Å². The second kappa shape index (κ2) is 8.22. The van der Waals surface area contributed by atoms with Gasteiger partial charge in [0, 0.05) is 17.5 Å². The smallest absolute Gasteiger partial charge is 0.255 e. The van der Waals surface area contributed by atoms with Gasteiger partial charge in [0.15, 0.2) is 5.78 Å². The van der Waals surface area contributed by atoms with Gasteiger partial charge in [-0.15, -0.1) is 0 Å². The van der Waals surface area contributed by atoms with Gasteiger partial charge in [0.2, 0.25) is 0 Å². The molecule has 0 aliphatic rings. The van der Waals surface area contributed by atoms with Gasteiger partial charge in [-0.25, -0.2) is 0 Å². The van der Waals surface area contributed by atoms with Crippen LogP contribution in [0.3, 0.4) is 0 Å². The normalized spacial score (nSPS) is 11.1. The van der Waals surface area contributed by atoms with Crippen LogP contribution in [0.2, 0.25) is 0 Å². The first-order chi connectivity index (χ1) is 13.3. The number of carbonyl (C=O) groups excluding carboxylic acids is 2. The van der Waals surface area contributed by atoms with Crippen molar-refractivity contribution in [1.82, 2.24) is 0 Å². The van der Waals surface area contributed by atoms with E-state index in [1.54, 1.807) is 12.1 Å². The number of amides is 1. The van der Waals surface area contributed by atoms with Crippen molar-refractivity contribution in [3.8, 4) is 0 Å². The van der Waals surface area contributed by atoms with Crippen molar-refractivity contribution in [2.75, 3.05) is 5.32 Å². The van der Waals surface area contributed by atoms with Gasteiger partial charge in [-0.3, -0.25) is 9.59 Å². The molecule has 0 saturated heterocycles. The predicted octanol–water partition coefficient (Wildman–Crippen LogP) is 5.66. The van der Waals surface area contributed by atoms with Crippen molar-refractivity contribution in [2.45, 2.75) is 32.6 Å². The average Bonchev–Trinajstić information content (AvgIpc) is 2.68. The van der Waals surface area contributed by atoms with Crippen LogP contribution in [-0.2, 0) is 11.8 Å². The fourth-order valence-electron chi connectivity index (χ4n) is 3.03. The van der Waals surface area contributed by atoms with Crippen LogP contribution in [0.4, 0.5) is 5.69 Å². The Hall–Kier alpha value is -3.20. The molecule has 0 aliphatic heterocycles. The van der Waals surface area contributed by atoms with Gasteiger partial charge in [0.1, 0.15) is 0 Å². The van der Waals surface area contributed by atoms with Crippen LogP contribution in [0.5, 0.6) is 0 Å². The molecule has 0 fully saturated rings. The number of rotatable bonds is 5. The molecule has 3 heteroatoms. The second-order valence-electron chi connectivity index (χ2n) is 7.91. The molecule has 1 N–H and O–H groups in total. The van der Waals surface area contributed by atoms with Crippen molar-refractivity contribution in [1.29, 1.82) is 0 Å². The lowest BCUT2D eigenvalue weighted by atomic mass is 9.86. The van der Waals surface area contributed by atoms with Crippen LogP contribution in [0.25, 0.3) is 0 Å². The molecule has 3 aromatic carbocycles. The lowest BCUT2D eigenvalue weighted by Gasteiger charge is -2.19. The molecule has 0 radical (unpaired) electrons. The molecule has 0 spiro atoms. The first-order valence-corrected chi connectivity index (χ1v) is 9.42. The number of nitrogens with one attached hydrogen (secondary N) is 1. The van der Waals surface area contributed by atoms with E-state index in [1.807, 2.05) is 66.7 Å². The van der Waals surface area contributed by atoms with E-state index in [1.165, 1.54) is 5.56 Å². The highest BCUT2D eigenvalue weighted by Crippen LogP contribution is 2.23. The fourth-order valence-corrected chi connectivity index (χ4v) is 3.03. The number of para-hydroxylation sites is 1. The highest BCUT2D eigenvalue weighted by atomic mass is 16.1. The van der Waals surface area contributed by atoms with Gasteiger partial charge >= 0.3 is 0 Å². The maximum atomic E-state index is 12.8. The molecular formula is C25H25NO2. The molecule has 28 heavy (non-hydrogen) atoms. The lowest BCUT2D eigenvalue weighted by molar-refractivity contribution is 0.0994. The van der Waals surface area contributed by atoms with Gasteiger partial charge in [-0.2, -0.15) is 0 Å². The summed E-state index contributed by atoms with van der Waals surface area (Å²) in [5.74, 6) is -0.245. The molecule has 0 unspecified atom stereocenters. The summed E-state index contributed by atoms with van der Waals surface area (Å²) >= 11 is 0. The van der Waals surface area contributed by atoms with Gasteiger partial charge < -0.3 is 5.32 Å². The summed E-state index contributed by atoms with van der Waals surface area (Å²) in [5, 5.41) is 2.89. The van der Waals surface area contributed by atoms with Crippen LogP contribution >= 0.6 is 0 Å². The Labute approximate surface area is 166 Å². The molecule has 3 rings (SSSR count). The Balaban J connectivity index is 1.77. The maximum Gasteiger partial charge on any atom is 0.255 e. The standard InChI is InChI=1S/C25H25NO2/c1-25(2,3)20-15-13-19(14-16-20)24(28)26-22-12-8-7-11-21(22)23(27)17-18-9-5-4-6-10-18/h4-16H,17H2,1-3H3,(H,26,28). The summed E-state index contributed by atoms with van der Waals surface area (Å²) in [6, 6.07) is 24.3. The summed E-state index contributed by atoms with van der Waals surface area (Å²) in [6.07, 6.45) is 0.300. The van der Waals surface area contributed by atoms with Gasteiger partial charge in [-0.1, -0.05) is 75.4 Å². The molecule has 0 bridgehead atoms. The number of anilines is 1. The van der Waals surface area contributed by atoms with E-state index in [2.05, 4.69) is 26.1 Å². The maximum absolute atomic E-state index is 12.8. The Morgan fingerprint density at radius 3 is 2.04 bits per heavy atom. The third-order valence-corrected chi connectivity index (χ3v) is 4.70. The fraction of sp³-hybridized carbons (Fsp3) is 0.200. The third-order valence-electron chi connectivity index (χ3n) is 4.70. The lowest BCUT2D eigenvalue weighted by Crippen LogP contribution is -2.16. The van der Waals surface area contributed by atoms with Crippen molar-refractivity contribution < 1.29 is 9.59 Å². The Bertz CT molecular complexity index is 967. The SMILES string of the molecule is CC(C)(C)c1ccc(C(=O)Nc2ccccc2C(=O)Cc2ccccc2)cc1. The average molecular weight is 371 g/mol. The first-order valence-electron chi connectivity index (χ1n) is 9.42. The van der Waals surface area contributed by atoms with Crippen LogP contribution in [0.1, 0.15) is 52.6 Å². The highest BCUT2D eigenvalue weighted by molar-refractivity contribution is 6.09. The van der Waals surface area contributed by atoms with Crippen LogP contribution in [-0.4, -0.2) is 11.7 Å². The molecule has 0 aromatic heterocycles. The largest absolute Gasteiger partial charge is 0.321 e. The highest BCUT2D eigenvalue weighted by Gasteiger charge is 2.16. The van der Waals surface area contributed by atoms with E-state index in [4.69, 9.17) is 0 Å². The van der Waals surface area contributed by atoms with Crippen LogP contribution < -0.4 is 5.32 Å². The molecule has 0 aliphatic carbocycles. The quantitative estimate of drug-likeness (QED) is 0.588. The van der Waals surface area contributed by atoms with Crippen LogP contribution in [0, 0.1) is 0 Å². The van der Waals surface area contributed by atoms with E-state index in [9.17, 15) is 9.59 Å². The summed E-state index contributed by atoms with van der Waals surface area (Å²) in [7, 11) is 0. The molecule has 0 saturated carbocycles. The minimum Gasteiger partial charge on any atom is -0.321 e. The zero-order valence-electron chi connectivity index (χ0n) is 16.5. The molecule has 0 atom stereocenters. The van der Waals surface area contributed by atoms with Gasteiger partial charge in [-0.05, 0) is 40.8 Å². The summed E-state index contributed by atoms with van der Waals surface area (Å²) in [4.78, 5) is 25.4. The monoisotopic (exact) mass is 371 g/mol. The molecular weight excluding hydrogens is 346 g/mol. The number of Topliss-reactive ketones (excluding diaryl/α,β-unsaturated/α-hetero) is 1. The van der Waals surface area contributed by atoms with E-state index >= 15 is 0 Å². The van der Waals surface area contributed by atoms with E-state index < -0.39 is 0 Å². The first kappa shape index (κ1) is 19.6. The second-order valence-corrected chi connectivity index (χ2v) is 7.91. The molecule has 142 valence electrons. The Morgan fingerprint density at radius 2 is 1.39 bits per heavy atom. The Morgan fingerprint density at radius 1 is 0.786 bits per heavy atom. The molecule has 3 nitrogen and oxygen atoms in total. The van der Waals surface area contributed by atoms with E-state index in [0.717, 1.165) is 5.56 Å². The summed E-state index contributed by atoms with van der Waals surface area (Å²) in [6.45, 7) is 6.41. The number of hydrogen-bond acceptors (Lipinski definition) is 2. The van der Waals surface area contributed by atoms with Gasteiger partial charge in [0.25, 0.3) is 5.91 Å². The number of carbonyl (C=O) groups is 2. The molecule has 0 heterocycles. The molecule has 1 amide bonds. The van der Waals surface area contributed by atoms with Gasteiger partial charge in [0.05, 0.1) is 5.69 Å². The zero-order valence-corrected chi connectivity index (χ0v) is 16.5. The van der Waals surface area contributed by atoms with Crippen LogP contribution in [0.15, 0.2) is 78.9 Å².